The number of carbonyl (C=O) groups excluding carboxylic acids is 3. The molecule has 3 rings (SSSR count). The van der Waals surface area contributed by atoms with Crippen molar-refractivity contribution >= 4 is 40.7 Å². The van der Waals surface area contributed by atoms with Crippen molar-refractivity contribution in [1.29, 1.82) is 0 Å². The number of benzene rings is 1. The van der Waals surface area contributed by atoms with Crippen LogP contribution < -0.4 is 21.7 Å². The molecule has 0 unspecified atom stereocenters. The number of carbonyl (C=O) groups is 3. The van der Waals surface area contributed by atoms with E-state index in [0.717, 1.165) is 21.1 Å². The number of nitrogens with two attached hydrogens (primary N) is 1. The summed E-state index contributed by atoms with van der Waals surface area (Å²) in [5.74, 6) is 0.0424. The summed E-state index contributed by atoms with van der Waals surface area (Å²) in [6.45, 7) is 6.91. The highest BCUT2D eigenvalue weighted by atomic mass is 32.1. The van der Waals surface area contributed by atoms with E-state index in [9.17, 15) is 14.4 Å². The van der Waals surface area contributed by atoms with Gasteiger partial charge < -0.3 is 31.3 Å². The maximum absolute atomic E-state index is 13.3. The Hall–Kier alpha value is -3.55. The second kappa shape index (κ2) is 18.3. The molecule has 3 atom stereocenters. The first kappa shape index (κ1) is 34.9. The number of urea groups is 1. The molecule has 44 heavy (non-hydrogen) atoms. The minimum atomic E-state index is -0.773. The van der Waals surface area contributed by atoms with Crippen molar-refractivity contribution in [2.45, 2.75) is 90.1 Å². The fourth-order valence-corrected chi connectivity index (χ4v) is 5.87. The number of hydrogen-bond acceptors (Lipinski definition) is 9. The highest BCUT2D eigenvalue weighted by Gasteiger charge is 2.25. The third-order valence-corrected chi connectivity index (χ3v) is 9.00. The van der Waals surface area contributed by atoms with Crippen LogP contribution in [0.25, 0.3) is 0 Å². The number of nitrogens with one attached hydrogen (secondary N) is 3. The number of amides is 4. The van der Waals surface area contributed by atoms with Crippen molar-refractivity contribution in [3.05, 3.63) is 68.6 Å². The molecule has 0 aliphatic rings. The normalized spacial score (nSPS) is 13.1. The quantitative estimate of drug-likeness (QED) is 0.165. The number of ether oxygens (including phenoxy) is 1. The van der Waals surface area contributed by atoms with Crippen LogP contribution in [0.15, 0.2) is 47.4 Å². The van der Waals surface area contributed by atoms with Gasteiger partial charge in [0.1, 0.15) is 12.6 Å². The van der Waals surface area contributed by atoms with Crippen molar-refractivity contribution in [2.75, 3.05) is 13.6 Å². The predicted molar refractivity (Wildman–Crippen MR) is 174 cm³/mol. The third-order valence-electron chi connectivity index (χ3n) is 7.06. The van der Waals surface area contributed by atoms with Gasteiger partial charge in [-0.3, -0.25) is 9.78 Å². The van der Waals surface area contributed by atoms with Gasteiger partial charge in [0.2, 0.25) is 5.91 Å². The van der Waals surface area contributed by atoms with E-state index in [4.69, 9.17) is 10.5 Å². The van der Waals surface area contributed by atoms with E-state index in [0.29, 0.717) is 44.6 Å². The zero-order valence-corrected chi connectivity index (χ0v) is 27.6. The summed E-state index contributed by atoms with van der Waals surface area (Å²) < 4.78 is 5.41. The van der Waals surface area contributed by atoms with Gasteiger partial charge in [0.25, 0.3) is 0 Å². The smallest absolute Gasteiger partial charge is 0.407 e. The molecule has 0 aliphatic carbocycles. The molecule has 2 heterocycles. The Morgan fingerprint density at radius 3 is 2.41 bits per heavy atom. The van der Waals surface area contributed by atoms with Crippen molar-refractivity contribution in [3.63, 3.8) is 0 Å². The molecular formula is C31H45N7O4S2. The molecule has 240 valence electrons. The van der Waals surface area contributed by atoms with E-state index >= 15 is 0 Å². The second-order valence-corrected chi connectivity index (χ2v) is 12.9. The van der Waals surface area contributed by atoms with Crippen molar-refractivity contribution < 1.29 is 19.1 Å². The molecule has 4 amide bonds. The number of alkyl carbamates (subject to hydrolysis) is 1. The van der Waals surface area contributed by atoms with E-state index in [1.54, 1.807) is 30.1 Å². The number of aromatic nitrogens is 2. The van der Waals surface area contributed by atoms with Gasteiger partial charge in [-0.15, -0.1) is 22.7 Å². The van der Waals surface area contributed by atoms with Gasteiger partial charge >= 0.3 is 12.1 Å². The Kier molecular flexibility index (Phi) is 14.5. The van der Waals surface area contributed by atoms with Gasteiger partial charge in [-0.25, -0.2) is 14.6 Å². The van der Waals surface area contributed by atoms with Gasteiger partial charge in [0.05, 0.1) is 27.6 Å². The number of nitrogens with zero attached hydrogens (tertiary/aromatic N) is 3. The monoisotopic (exact) mass is 643 g/mol. The molecule has 1 aromatic carbocycles. The maximum atomic E-state index is 13.3. The van der Waals surface area contributed by atoms with Gasteiger partial charge in [-0.1, -0.05) is 51.1 Å². The predicted octanol–water partition coefficient (Wildman–Crippen LogP) is 4.79. The van der Waals surface area contributed by atoms with Crippen molar-refractivity contribution in [1.82, 2.24) is 30.8 Å². The van der Waals surface area contributed by atoms with Gasteiger partial charge in [0.15, 0.2) is 0 Å². The first-order chi connectivity index (χ1) is 21.2. The topological polar surface area (TPSA) is 152 Å². The SMILES string of the molecule is CC[C@@H](CC[C@H](Cc1ccccc1)NC(=O)OCc1cncs1)NC(=O)[C@H](CCN)NC(=O)N(C)Cc1csc(C(C)C)n1. The van der Waals surface area contributed by atoms with Crippen LogP contribution >= 0.6 is 22.7 Å². The zero-order chi connectivity index (χ0) is 31.9. The largest absolute Gasteiger partial charge is 0.444 e. The van der Waals surface area contributed by atoms with Crippen LogP contribution in [0.4, 0.5) is 9.59 Å². The highest BCUT2D eigenvalue weighted by Crippen LogP contribution is 2.20. The summed E-state index contributed by atoms with van der Waals surface area (Å²) in [4.78, 5) is 49.9. The first-order valence-corrected chi connectivity index (χ1v) is 16.7. The molecule has 0 saturated heterocycles. The molecule has 0 radical (unpaired) electrons. The summed E-state index contributed by atoms with van der Waals surface area (Å²) in [6.07, 6.45) is 4.03. The second-order valence-electron chi connectivity index (χ2n) is 11.0. The van der Waals surface area contributed by atoms with Crippen molar-refractivity contribution in [2.24, 2.45) is 5.73 Å². The van der Waals surface area contributed by atoms with E-state index in [-0.39, 0.29) is 37.2 Å². The molecule has 0 aliphatic heterocycles. The minimum absolute atomic E-state index is 0.157. The maximum Gasteiger partial charge on any atom is 0.407 e. The lowest BCUT2D eigenvalue weighted by atomic mass is 9.98. The fraction of sp³-hybridized carbons (Fsp3) is 0.516. The number of rotatable bonds is 17. The molecule has 13 heteroatoms. The summed E-state index contributed by atoms with van der Waals surface area (Å²) in [5.41, 5.74) is 9.40. The molecule has 0 fully saturated rings. The summed E-state index contributed by atoms with van der Waals surface area (Å²) >= 11 is 3.00. The molecule has 11 nitrogen and oxygen atoms in total. The van der Waals surface area contributed by atoms with Crippen LogP contribution in [-0.2, 0) is 29.1 Å². The molecule has 5 N–H and O–H groups in total. The summed E-state index contributed by atoms with van der Waals surface area (Å²) in [5, 5.41) is 11.9. The average Bonchev–Trinajstić information content (AvgIpc) is 3.71. The Balaban J connectivity index is 1.55. The molecular weight excluding hydrogens is 599 g/mol. The van der Waals surface area contributed by atoms with E-state index in [1.165, 1.54) is 16.2 Å². The van der Waals surface area contributed by atoms with E-state index < -0.39 is 12.1 Å². The van der Waals surface area contributed by atoms with Crippen LogP contribution in [0.5, 0.6) is 0 Å². The molecule has 0 spiro atoms. The summed E-state index contributed by atoms with van der Waals surface area (Å²) in [7, 11) is 1.68. The summed E-state index contributed by atoms with van der Waals surface area (Å²) in [6, 6.07) is 8.42. The molecule has 3 aromatic rings. The third kappa shape index (κ3) is 11.9. The van der Waals surface area contributed by atoms with Crippen LogP contribution in [-0.4, -0.2) is 64.6 Å². The molecule has 2 aromatic heterocycles. The minimum Gasteiger partial charge on any atom is -0.444 e. The van der Waals surface area contributed by atoms with Crippen LogP contribution in [0, 0.1) is 0 Å². The lowest BCUT2D eigenvalue weighted by Gasteiger charge is -2.26. The number of hydrogen-bond donors (Lipinski definition) is 4. The lowest BCUT2D eigenvalue weighted by molar-refractivity contribution is -0.123. The molecule has 0 bridgehead atoms. The Labute approximate surface area is 268 Å². The van der Waals surface area contributed by atoms with Crippen LogP contribution in [0.1, 0.15) is 73.5 Å². The van der Waals surface area contributed by atoms with E-state index in [1.807, 2.05) is 42.6 Å². The molecule has 0 saturated carbocycles. The van der Waals surface area contributed by atoms with Gasteiger partial charge in [-0.05, 0) is 44.2 Å². The van der Waals surface area contributed by atoms with Crippen molar-refractivity contribution in [3.8, 4) is 0 Å². The Morgan fingerprint density at radius 1 is 1.02 bits per heavy atom. The van der Waals surface area contributed by atoms with Gasteiger partial charge in [0, 0.05) is 36.6 Å². The highest BCUT2D eigenvalue weighted by molar-refractivity contribution is 7.09. The Morgan fingerprint density at radius 2 is 1.77 bits per heavy atom. The van der Waals surface area contributed by atoms with Gasteiger partial charge in [-0.2, -0.15) is 0 Å². The first-order valence-electron chi connectivity index (χ1n) is 15.0. The number of thiazole rings is 2. The zero-order valence-electron chi connectivity index (χ0n) is 26.0. The van der Waals surface area contributed by atoms with Crippen LogP contribution in [0.3, 0.4) is 0 Å². The van der Waals surface area contributed by atoms with Crippen LogP contribution in [0.2, 0.25) is 0 Å². The standard InChI is InChI=1S/C31H45N7O4S2/c1-5-23(11-12-24(15-22-9-7-6-8-10-22)36-31(41)42-18-26-16-33-20-44-26)34-28(39)27(13-14-32)37-30(40)38(4)17-25-19-43-29(35-25)21(2)3/h6-10,16,19-21,23-24,27H,5,11-15,17-18,32H2,1-4H3,(H,34,39)(H,36,41)(H,37,40)/t23-,24+,27-/m0/s1. The van der Waals surface area contributed by atoms with E-state index in [2.05, 4.69) is 39.8 Å². The fourth-order valence-electron chi connectivity index (χ4n) is 4.53. The average molecular weight is 644 g/mol. The Bertz CT molecular complexity index is 1290. The lowest BCUT2D eigenvalue weighted by Crippen LogP contribution is -2.53.